The summed E-state index contributed by atoms with van der Waals surface area (Å²) in [5.41, 5.74) is 2.41. The summed E-state index contributed by atoms with van der Waals surface area (Å²) in [5, 5.41) is 5.62. The highest BCUT2D eigenvalue weighted by molar-refractivity contribution is 8.13. The monoisotopic (exact) mass is 446 g/mol. The van der Waals surface area contributed by atoms with Crippen LogP contribution in [0.2, 0.25) is 10.0 Å². The van der Waals surface area contributed by atoms with E-state index in [0.717, 1.165) is 23.0 Å². The molecule has 3 rings (SSSR count). The molecule has 2 aromatic carbocycles. The van der Waals surface area contributed by atoms with Gasteiger partial charge in [0.05, 0.1) is 22.6 Å². The molecule has 1 atom stereocenters. The number of hydrogen-bond acceptors (Lipinski definition) is 3. The average Bonchev–Trinajstić information content (AvgIpc) is 3.25. The summed E-state index contributed by atoms with van der Waals surface area (Å²) in [6, 6.07) is 16.4. The van der Waals surface area contributed by atoms with E-state index in [1.165, 1.54) is 5.56 Å². The lowest BCUT2D eigenvalue weighted by Gasteiger charge is -2.11. The first-order chi connectivity index (χ1) is 14.1. The van der Waals surface area contributed by atoms with Gasteiger partial charge in [-0.15, -0.1) is 0 Å². The van der Waals surface area contributed by atoms with E-state index < -0.39 is 0 Å². The summed E-state index contributed by atoms with van der Waals surface area (Å²) in [7, 11) is 0. The van der Waals surface area contributed by atoms with Crippen LogP contribution in [-0.2, 0) is 5.75 Å². The third-order valence-electron chi connectivity index (χ3n) is 3.66. The molecule has 1 aliphatic heterocycles. The third-order valence-corrected chi connectivity index (χ3v) is 5.40. The molecule has 0 bridgehead atoms. The van der Waals surface area contributed by atoms with Crippen LogP contribution in [0.4, 0.5) is 0 Å². The van der Waals surface area contributed by atoms with Crippen molar-refractivity contribution >= 4 is 40.1 Å². The minimum atomic E-state index is 0.280. The first-order valence-electron chi connectivity index (χ1n) is 9.46. The fraction of sp³-hybridized carbons (Fsp3) is 0.208. The van der Waals surface area contributed by atoms with Crippen LogP contribution in [0.3, 0.4) is 0 Å². The highest BCUT2D eigenvalue weighted by Gasteiger charge is 2.19. The highest BCUT2D eigenvalue weighted by atomic mass is 35.5. The molecule has 1 heterocycles. The largest absolute Gasteiger partial charge is 0.356 e. The van der Waals surface area contributed by atoms with Crippen molar-refractivity contribution in [2.24, 2.45) is 4.99 Å². The Morgan fingerprint density at radius 2 is 1.69 bits per heavy atom. The van der Waals surface area contributed by atoms with Crippen LogP contribution < -0.4 is 5.32 Å². The fourth-order valence-electron chi connectivity index (χ4n) is 2.31. The number of nitrogens with one attached hydrogen (secondary N) is 1. The number of aliphatic imine (C=N–C) groups is 1. The molecule has 0 spiro atoms. The first-order valence-corrected chi connectivity index (χ1v) is 11.2. The van der Waals surface area contributed by atoms with E-state index in [1.54, 1.807) is 23.9 Å². The standard InChI is InChI=1S/C16H14Cl2N2S.C6H8.C2H6/c17-13-7-6-11(8-14(13)18)10-21-16-19-9-15(20-16)12-4-2-1-3-5-12;1-3-5-6-4-2;1-2/h1-8,15H,9-10H2,(H,19,20);3-6H,1-2H2;1-2H3/b;6-5-;/t15-;;/m0../s1. The van der Waals surface area contributed by atoms with Crippen LogP contribution in [0.1, 0.15) is 31.0 Å². The Hall–Kier alpha value is -1.94. The number of hydrogen-bond donors (Lipinski definition) is 1. The normalized spacial score (nSPS) is 14.6. The Labute approximate surface area is 189 Å². The van der Waals surface area contributed by atoms with Gasteiger partial charge in [-0.2, -0.15) is 0 Å². The van der Waals surface area contributed by atoms with Crippen LogP contribution in [0.5, 0.6) is 0 Å². The van der Waals surface area contributed by atoms with Crippen molar-refractivity contribution in [3.05, 3.63) is 107 Å². The van der Waals surface area contributed by atoms with E-state index in [4.69, 9.17) is 23.2 Å². The molecule has 0 saturated carbocycles. The third kappa shape index (κ3) is 9.40. The maximum Gasteiger partial charge on any atom is 0.157 e. The predicted octanol–water partition coefficient (Wildman–Crippen LogP) is 7.87. The molecule has 0 aliphatic carbocycles. The highest BCUT2D eigenvalue weighted by Crippen LogP contribution is 2.26. The molecule has 2 aromatic rings. The van der Waals surface area contributed by atoms with Gasteiger partial charge in [-0.3, -0.25) is 4.99 Å². The molecule has 1 N–H and O–H groups in total. The molecule has 5 heteroatoms. The van der Waals surface area contributed by atoms with E-state index >= 15 is 0 Å². The lowest BCUT2D eigenvalue weighted by atomic mass is 10.1. The Morgan fingerprint density at radius 3 is 2.28 bits per heavy atom. The summed E-state index contributed by atoms with van der Waals surface area (Å²) in [4.78, 5) is 4.56. The van der Waals surface area contributed by atoms with Crippen molar-refractivity contribution in [2.45, 2.75) is 25.6 Å². The topological polar surface area (TPSA) is 24.4 Å². The molecule has 2 nitrogen and oxygen atoms in total. The van der Waals surface area contributed by atoms with Gasteiger partial charge in [-0.05, 0) is 23.3 Å². The van der Waals surface area contributed by atoms with E-state index in [1.807, 2.05) is 50.3 Å². The predicted molar refractivity (Wildman–Crippen MR) is 133 cm³/mol. The zero-order valence-corrected chi connectivity index (χ0v) is 19.3. The second-order valence-corrected chi connectivity index (χ2v) is 7.43. The lowest BCUT2D eigenvalue weighted by Crippen LogP contribution is -2.20. The van der Waals surface area contributed by atoms with Gasteiger partial charge in [-0.1, -0.05) is 123 Å². The van der Waals surface area contributed by atoms with Gasteiger partial charge in [0.2, 0.25) is 0 Å². The molecule has 0 radical (unpaired) electrons. The van der Waals surface area contributed by atoms with Crippen LogP contribution in [-0.4, -0.2) is 11.7 Å². The zero-order chi connectivity index (χ0) is 21.5. The van der Waals surface area contributed by atoms with Gasteiger partial charge in [0.15, 0.2) is 5.17 Å². The Kier molecular flexibility index (Phi) is 13.0. The van der Waals surface area contributed by atoms with Gasteiger partial charge in [0.1, 0.15) is 0 Å². The zero-order valence-electron chi connectivity index (χ0n) is 16.9. The van der Waals surface area contributed by atoms with Crippen molar-refractivity contribution in [2.75, 3.05) is 6.54 Å². The summed E-state index contributed by atoms with van der Waals surface area (Å²) < 4.78 is 0. The van der Waals surface area contributed by atoms with Crippen molar-refractivity contribution in [3.8, 4) is 0 Å². The lowest BCUT2D eigenvalue weighted by molar-refractivity contribution is 0.712. The molecule has 0 amide bonds. The minimum absolute atomic E-state index is 0.280. The number of amidine groups is 1. The molecule has 0 unspecified atom stereocenters. The maximum absolute atomic E-state index is 6.03. The van der Waals surface area contributed by atoms with E-state index in [2.05, 4.69) is 47.7 Å². The second-order valence-electron chi connectivity index (χ2n) is 5.65. The van der Waals surface area contributed by atoms with Crippen molar-refractivity contribution in [1.29, 1.82) is 0 Å². The smallest absolute Gasteiger partial charge is 0.157 e. The summed E-state index contributed by atoms with van der Waals surface area (Å²) >= 11 is 13.6. The Morgan fingerprint density at radius 1 is 1.03 bits per heavy atom. The van der Waals surface area contributed by atoms with Gasteiger partial charge in [0, 0.05) is 5.75 Å². The second kappa shape index (κ2) is 15.0. The summed E-state index contributed by atoms with van der Waals surface area (Å²) in [5.74, 6) is 0.824. The van der Waals surface area contributed by atoms with E-state index in [9.17, 15) is 0 Å². The minimum Gasteiger partial charge on any atom is -0.356 e. The van der Waals surface area contributed by atoms with Gasteiger partial charge in [-0.25, -0.2) is 0 Å². The summed E-state index contributed by atoms with van der Waals surface area (Å²) in [6.45, 7) is 11.7. The number of rotatable bonds is 5. The molecular weight excluding hydrogens is 419 g/mol. The van der Waals surface area contributed by atoms with Crippen LogP contribution in [0.15, 0.2) is 91.0 Å². The van der Waals surface area contributed by atoms with Crippen molar-refractivity contribution in [3.63, 3.8) is 0 Å². The SMILES string of the molecule is C=C/C=C\C=C.CC.Clc1ccc(CSC2=NC[C@@H](c3ccccc3)N2)cc1Cl. The van der Waals surface area contributed by atoms with Gasteiger partial charge >= 0.3 is 0 Å². The molecule has 1 aliphatic rings. The number of thioether (sulfide) groups is 1. The quantitative estimate of drug-likeness (QED) is 0.472. The van der Waals surface area contributed by atoms with E-state index in [0.29, 0.717) is 10.0 Å². The molecule has 0 fully saturated rings. The molecule has 154 valence electrons. The summed E-state index contributed by atoms with van der Waals surface area (Å²) in [6.07, 6.45) is 7.07. The van der Waals surface area contributed by atoms with Gasteiger partial charge < -0.3 is 5.32 Å². The first kappa shape index (κ1) is 25.1. The molecule has 0 aromatic heterocycles. The average molecular weight is 447 g/mol. The number of allylic oxidation sites excluding steroid dienone is 4. The number of nitrogens with zero attached hydrogens (tertiary/aromatic N) is 1. The fourth-order valence-corrected chi connectivity index (χ4v) is 3.51. The molecule has 0 saturated heterocycles. The van der Waals surface area contributed by atoms with Crippen molar-refractivity contribution < 1.29 is 0 Å². The Bertz CT molecular complexity index is 807. The molecular formula is C24H28Cl2N2S. The van der Waals surface area contributed by atoms with Crippen LogP contribution >= 0.6 is 35.0 Å². The number of benzene rings is 2. The van der Waals surface area contributed by atoms with Gasteiger partial charge in [0.25, 0.3) is 0 Å². The Balaban J connectivity index is 0.000000454. The van der Waals surface area contributed by atoms with E-state index in [-0.39, 0.29) is 6.04 Å². The molecule has 29 heavy (non-hydrogen) atoms. The van der Waals surface area contributed by atoms with Crippen LogP contribution in [0.25, 0.3) is 0 Å². The van der Waals surface area contributed by atoms with Crippen LogP contribution in [0, 0.1) is 0 Å². The maximum atomic E-state index is 6.03. The number of halogens is 2. The van der Waals surface area contributed by atoms with Crippen molar-refractivity contribution in [1.82, 2.24) is 5.32 Å².